The van der Waals surface area contributed by atoms with Crippen LogP contribution in [0.4, 0.5) is 0 Å². The second kappa shape index (κ2) is 40.8. The molecule has 4 heteroatoms. The number of ether oxygens (including phenoxy) is 2. The van der Waals surface area contributed by atoms with Gasteiger partial charge in [0.1, 0.15) is 0 Å². The van der Waals surface area contributed by atoms with E-state index in [0.29, 0.717) is 12.5 Å². The van der Waals surface area contributed by atoms with Crippen LogP contribution in [0.2, 0.25) is 0 Å². The molecule has 0 bridgehead atoms. The first-order valence-corrected chi connectivity index (χ1v) is 22.2. The van der Waals surface area contributed by atoms with Gasteiger partial charge in [-0.1, -0.05) is 181 Å². The molecule has 0 saturated heterocycles. The van der Waals surface area contributed by atoms with Gasteiger partial charge in [-0.2, -0.15) is 0 Å². The Kier molecular flexibility index (Phi) is 40.3. The fraction of sp³-hybridized carbons (Fsp3) is 0.977. The second-order valence-corrected chi connectivity index (χ2v) is 15.2. The molecule has 0 radical (unpaired) electrons. The molecule has 0 rings (SSSR count). The van der Waals surface area contributed by atoms with Gasteiger partial charge in [0.05, 0.1) is 12.2 Å². The average Bonchev–Trinajstić information content (AvgIpc) is 3.08. The Hall–Kier alpha value is -0.610. The number of carbonyl (C=O) groups excluding carboxylic acids is 1. The van der Waals surface area contributed by atoms with Gasteiger partial charge >= 0.3 is 5.97 Å². The van der Waals surface area contributed by atoms with Gasteiger partial charge in [0.15, 0.2) is 0 Å². The third kappa shape index (κ3) is 38.2. The Morgan fingerprint density at radius 2 is 0.833 bits per heavy atom. The first-order chi connectivity index (χ1) is 23.6. The molecule has 0 amide bonds. The zero-order valence-corrected chi connectivity index (χ0v) is 33.5. The quantitative estimate of drug-likeness (QED) is 0.0516. The first-order valence-electron chi connectivity index (χ1n) is 22.2. The van der Waals surface area contributed by atoms with Crippen molar-refractivity contribution in [3.05, 3.63) is 0 Å². The minimum Gasteiger partial charge on any atom is -0.463 e. The van der Waals surface area contributed by atoms with Crippen LogP contribution in [0.3, 0.4) is 0 Å². The molecule has 0 aliphatic carbocycles. The number of esters is 1. The highest BCUT2D eigenvalue weighted by molar-refractivity contribution is 5.69. The number of carbonyl (C=O) groups is 1. The van der Waals surface area contributed by atoms with Crippen LogP contribution in [0, 0.1) is 0 Å². The highest BCUT2D eigenvalue weighted by Gasteiger charge is 2.10. The highest BCUT2D eigenvalue weighted by Crippen LogP contribution is 2.18. The number of rotatable bonds is 41. The predicted molar refractivity (Wildman–Crippen MR) is 212 cm³/mol. The zero-order chi connectivity index (χ0) is 35.0. The minimum absolute atomic E-state index is 0.00507. The molecular weight excluding hydrogens is 590 g/mol. The Balaban J connectivity index is 3.55. The number of nitrogens with one attached hydrogen (secondary N) is 1. The Labute approximate surface area is 302 Å². The molecule has 0 aliphatic heterocycles. The normalized spacial score (nSPS) is 12.3. The summed E-state index contributed by atoms with van der Waals surface area (Å²) in [7, 11) is 0. The summed E-state index contributed by atoms with van der Waals surface area (Å²) < 4.78 is 12.0. The summed E-state index contributed by atoms with van der Waals surface area (Å²) in [6.07, 6.45) is 44.4. The maximum absolute atomic E-state index is 12.1. The van der Waals surface area contributed by atoms with Gasteiger partial charge in [0.25, 0.3) is 0 Å². The Bertz CT molecular complexity index is 596. The second-order valence-electron chi connectivity index (χ2n) is 15.2. The summed E-state index contributed by atoms with van der Waals surface area (Å²) in [5.74, 6) is 0.00507. The first kappa shape index (κ1) is 47.4. The summed E-state index contributed by atoms with van der Waals surface area (Å²) in [5.41, 5.74) is 0. The van der Waals surface area contributed by atoms with Crippen molar-refractivity contribution >= 4 is 5.97 Å². The Morgan fingerprint density at radius 3 is 1.31 bits per heavy atom. The molecule has 0 spiro atoms. The molecule has 0 aliphatic rings. The molecule has 0 aromatic rings. The molecule has 0 saturated carbocycles. The van der Waals surface area contributed by atoms with E-state index in [9.17, 15) is 4.79 Å². The van der Waals surface area contributed by atoms with Gasteiger partial charge in [0.2, 0.25) is 0 Å². The van der Waals surface area contributed by atoms with Crippen LogP contribution in [0.5, 0.6) is 0 Å². The van der Waals surface area contributed by atoms with Gasteiger partial charge in [-0.15, -0.1) is 0 Å². The van der Waals surface area contributed by atoms with Crippen molar-refractivity contribution in [2.75, 3.05) is 19.7 Å². The summed E-state index contributed by atoms with van der Waals surface area (Å²) in [4.78, 5) is 12.1. The lowest BCUT2D eigenvalue weighted by molar-refractivity contribution is -0.148. The summed E-state index contributed by atoms with van der Waals surface area (Å²) >= 11 is 0. The maximum atomic E-state index is 12.1. The largest absolute Gasteiger partial charge is 0.463 e. The van der Waals surface area contributed by atoms with Gasteiger partial charge in [-0.25, -0.2) is 0 Å². The van der Waals surface area contributed by atoms with Crippen LogP contribution in [0.25, 0.3) is 0 Å². The number of unbranched alkanes of at least 4 members (excludes halogenated alkanes) is 25. The molecule has 0 heterocycles. The van der Waals surface area contributed by atoms with E-state index < -0.39 is 0 Å². The number of hydrogen-bond acceptors (Lipinski definition) is 4. The third-order valence-corrected chi connectivity index (χ3v) is 10.1. The maximum Gasteiger partial charge on any atom is 0.306 e. The van der Waals surface area contributed by atoms with Crippen molar-refractivity contribution in [1.82, 2.24) is 5.32 Å². The smallest absolute Gasteiger partial charge is 0.306 e. The fourth-order valence-corrected chi connectivity index (χ4v) is 6.83. The molecule has 0 aromatic carbocycles. The van der Waals surface area contributed by atoms with Crippen LogP contribution in [-0.4, -0.2) is 37.9 Å². The fourth-order valence-electron chi connectivity index (χ4n) is 6.83. The van der Waals surface area contributed by atoms with E-state index in [1.165, 1.54) is 193 Å². The molecule has 0 fully saturated rings. The zero-order valence-electron chi connectivity index (χ0n) is 33.5. The highest BCUT2D eigenvalue weighted by atomic mass is 16.5. The van der Waals surface area contributed by atoms with Gasteiger partial charge in [0, 0.05) is 13.0 Å². The molecule has 1 N–H and O–H groups in total. The standard InChI is InChI=1S/C44H89NO3/c1-5-8-11-14-21-28-35-42(4)48-44(46)38-31-24-20-26-33-40-45-39-32-25-18-17-19-27-34-41-47-43(36-29-22-15-12-9-6-2)37-30-23-16-13-10-7-3/h42-43,45H,5-41H2,1-4H3. The van der Waals surface area contributed by atoms with Crippen molar-refractivity contribution in [3.63, 3.8) is 0 Å². The predicted octanol–water partition coefficient (Wildman–Crippen LogP) is 14.2. The molecule has 288 valence electrons. The van der Waals surface area contributed by atoms with E-state index in [2.05, 4.69) is 33.0 Å². The molecular formula is C44H89NO3. The Morgan fingerprint density at radius 1 is 0.458 bits per heavy atom. The van der Waals surface area contributed by atoms with Crippen molar-refractivity contribution in [2.24, 2.45) is 0 Å². The van der Waals surface area contributed by atoms with Crippen molar-refractivity contribution < 1.29 is 14.3 Å². The molecule has 48 heavy (non-hydrogen) atoms. The lowest BCUT2D eigenvalue weighted by Gasteiger charge is -2.18. The SMILES string of the molecule is CCCCCCCCC(C)OC(=O)CCCCCCCNCCCCCCCCCOC(CCCCCCCC)CCCCCCCC. The van der Waals surface area contributed by atoms with E-state index in [4.69, 9.17) is 9.47 Å². The molecule has 4 nitrogen and oxygen atoms in total. The number of hydrogen-bond donors (Lipinski definition) is 1. The monoisotopic (exact) mass is 680 g/mol. The van der Waals surface area contributed by atoms with Crippen molar-refractivity contribution in [3.8, 4) is 0 Å². The van der Waals surface area contributed by atoms with Crippen LogP contribution in [0.15, 0.2) is 0 Å². The van der Waals surface area contributed by atoms with Crippen molar-refractivity contribution in [2.45, 2.75) is 258 Å². The van der Waals surface area contributed by atoms with Crippen LogP contribution in [-0.2, 0) is 14.3 Å². The summed E-state index contributed by atoms with van der Waals surface area (Å²) in [5, 5.41) is 3.64. The van der Waals surface area contributed by atoms with Crippen molar-refractivity contribution in [1.29, 1.82) is 0 Å². The summed E-state index contributed by atoms with van der Waals surface area (Å²) in [6, 6.07) is 0. The average molecular weight is 680 g/mol. The van der Waals surface area contributed by atoms with E-state index in [1.54, 1.807) is 0 Å². The molecule has 1 unspecified atom stereocenters. The van der Waals surface area contributed by atoms with Gasteiger partial charge in [-0.3, -0.25) is 4.79 Å². The lowest BCUT2D eigenvalue weighted by Crippen LogP contribution is -2.16. The summed E-state index contributed by atoms with van der Waals surface area (Å²) in [6.45, 7) is 12.2. The van der Waals surface area contributed by atoms with Gasteiger partial charge < -0.3 is 14.8 Å². The molecule has 0 aromatic heterocycles. The topological polar surface area (TPSA) is 47.6 Å². The van der Waals surface area contributed by atoms with Crippen LogP contribution >= 0.6 is 0 Å². The van der Waals surface area contributed by atoms with E-state index in [1.807, 2.05) is 0 Å². The van der Waals surface area contributed by atoms with Gasteiger partial charge in [-0.05, 0) is 71.4 Å². The lowest BCUT2D eigenvalue weighted by atomic mass is 10.0. The molecule has 1 atom stereocenters. The third-order valence-electron chi connectivity index (χ3n) is 10.1. The van der Waals surface area contributed by atoms with E-state index in [-0.39, 0.29) is 12.1 Å². The van der Waals surface area contributed by atoms with Crippen LogP contribution in [0.1, 0.15) is 246 Å². The van der Waals surface area contributed by atoms with Crippen LogP contribution < -0.4 is 5.32 Å². The van der Waals surface area contributed by atoms with E-state index in [0.717, 1.165) is 39.0 Å². The van der Waals surface area contributed by atoms with E-state index >= 15 is 0 Å². The minimum atomic E-state index is 0.00507.